The van der Waals surface area contributed by atoms with Crippen LogP contribution in [0.5, 0.6) is 11.5 Å². The van der Waals surface area contributed by atoms with Gasteiger partial charge in [-0.2, -0.15) is 0 Å². The molecule has 2 aromatic rings. The largest absolute Gasteiger partial charge is 0.497 e. The molecule has 1 heterocycles. The Morgan fingerprint density at radius 2 is 1.76 bits per heavy atom. The average Bonchev–Trinajstić information content (AvgIpc) is 2.62. The number of carbonyl (C=O) groups is 1. The van der Waals surface area contributed by atoms with Crippen molar-refractivity contribution in [2.75, 3.05) is 20.8 Å². The van der Waals surface area contributed by atoms with E-state index >= 15 is 0 Å². The van der Waals surface area contributed by atoms with E-state index in [-0.39, 0.29) is 11.5 Å². The van der Waals surface area contributed by atoms with E-state index in [1.54, 1.807) is 17.7 Å². The first kappa shape index (κ1) is 18.6. The Bertz CT molecular complexity index is 766. The van der Waals surface area contributed by atoms with Gasteiger partial charge in [-0.25, -0.2) is 0 Å². The Kier molecular flexibility index (Phi) is 6.62. The molecule has 0 saturated heterocycles. The molecule has 0 fully saturated rings. The molecular formula is C19H24N2O4. The first-order valence-electron chi connectivity index (χ1n) is 8.18. The van der Waals surface area contributed by atoms with Gasteiger partial charge in [0.1, 0.15) is 11.5 Å². The number of benzene rings is 1. The van der Waals surface area contributed by atoms with Gasteiger partial charge in [-0.15, -0.1) is 0 Å². The van der Waals surface area contributed by atoms with E-state index in [1.165, 1.54) is 13.2 Å². The lowest BCUT2D eigenvalue weighted by Gasteiger charge is -2.12. The van der Waals surface area contributed by atoms with Crippen LogP contribution in [0.4, 0.5) is 0 Å². The number of ether oxygens (including phenoxy) is 2. The highest BCUT2D eigenvalue weighted by atomic mass is 16.5. The number of hydrogen-bond donors (Lipinski definition) is 1. The first-order chi connectivity index (χ1) is 12.0. The van der Waals surface area contributed by atoms with E-state index in [2.05, 4.69) is 5.32 Å². The number of amides is 1. The zero-order valence-electron chi connectivity index (χ0n) is 14.9. The van der Waals surface area contributed by atoms with Crippen LogP contribution in [-0.2, 0) is 17.8 Å². The fraction of sp³-hybridized carbons (Fsp3) is 0.368. The van der Waals surface area contributed by atoms with Crippen molar-refractivity contribution in [2.45, 2.75) is 26.3 Å². The van der Waals surface area contributed by atoms with Crippen LogP contribution in [0.2, 0.25) is 0 Å². The zero-order valence-corrected chi connectivity index (χ0v) is 14.9. The van der Waals surface area contributed by atoms with Gasteiger partial charge in [0.15, 0.2) is 0 Å². The lowest BCUT2D eigenvalue weighted by molar-refractivity contribution is -0.121. The van der Waals surface area contributed by atoms with E-state index in [0.29, 0.717) is 31.7 Å². The number of methoxy groups -OCH3 is 2. The summed E-state index contributed by atoms with van der Waals surface area (Å²) in [6.45, 7) is 2.69. The molecular weight excluding hydrogens is 320 g/mol. The molecule has 0 spiro atoms. The van der Waals surface area contributed by atoms with E-state index in [9.17, 15) is 9.59 Å². The number of nitrogens with zero attached hydrogens (tertiary/aromatic N) is 1. The van der Waals surface area contributed by atoms with Crippen molar-refractivity contribution in [3.8, 4) is 11.5 Å². The van der Waals surface area contributed by atoms with E-state index < -0.39 is 0 Å². The van der Waals surface area contributed by atoms with Gasteiger partial charge in [-0.05, 0) is 37.1 Å². The predicted octanol–water partition coefficient (Wildman–Crippen LogP) is 1.92. The van der Waals surface area contributed by atoms with Crippen molar-refractivity contribution in [1.82, 2.24) is 9.88 Å². The number of aromatic nitrogens is 1. The highest BCUT2D eigenvalue weighted by Gasteiger charge is 2.06. The van der Waals surface area contributed by atoms with E-state index in [4.69, 9.17) is 9.47 Å². The van der Waals surface area contributed by atoms with Crippen LogP contribution in [0.25, 0.3) is 0 Å². The van der Waals surface area contributed by atoms with Crippen molar-refractivity contribution in [1.29, 1.82) is 0 Å². The molecule has 6 nitrogen and oxygen atoms in total. The third kappa shape index (κ3) is 5.38. The molecule has 134 valence electrons. The van der Waals surface area contributed by atoms with Gasteiger partial charge in [0.2, 0.25) is 5.91 Å². The van der Waals surface area contributed by atoms with Crippen molar-refractivity contribution in [2.24, 2.45) is 0 Å². The number of rotatable bonds is 8. The van der Waals surface area contributed by atoms with Gasteiger partial charge in [0.25, 0.3) is 5.56 Å². The SMILES string of the molecule is COc1ccc(CCC(=O)NCCn2c(C)cc(OC)cc2=O)cc1. The normalized spacial score (nSPS) is 10.4. The molecule has 6 heteroatoms. The minimum absolute atomic E-state index is 0.0324. The second-order valence-electron chi connectivity index (χ2n) is 5.72. The Morgan fingerprint density at radius 1 is 1.08 bits per heavy atom. The second-order valence-corrected chi connectivity index (χ2v) is 5.72. The van der Waals surface area contributed by atoms with Gasteiger partial charge < -0.3 is 19.4 Å². The second kappa shape index (κ2) is 8.92. The molecule has 0 aliphatic carbocycles. The van der Waals surface area contributed by atoms with Crippen LogP contribution >= 0.6 is 0 Å². The summed E-state index contributed by atoms with van der Waals surface area (Å²) in [4.78, 5) is 24.0. The first-order valence-corrected chi connectivity index (χ1v) is 8.18. The van der Waals surface area contributed by atoms with Crippen LogP contribution in [0.1, 0.15) is 17.7 Å². The van der Waals surface area contributed by atoms with E-state index in [1.807, 2.05) is 31.2 Å². The molecule has 1 aromatic carbocycles. The van der Waals surface area contributed by atoms with Gasteiger partial charge in [-0.1, -0.05) is 12.1 Å². The summed E-state index contributed by atoms with van der Waals surface area (Å²) >= 11 is 0. The highest BCUT2D eigenvalue weighted by Crippen LogP contribution is 2.12. The summed E-state index contributed by atoms with van der Waals surface area (Å²) in [5.41, 5.74) is 1.75. The molecule has 1 N–H and O–H groups in total. The third-order valence-corrected chi connectivity index (χ3v) is 4.00. The Balaban J connectivity index is 1.79. The minimum Gasteiger partial charge on any atom is -0.497 e. The molecule has 1 aromatic heterocycles. The van der Waals surface area contributed by atoms with Crippen molar-refractivity contribution < 1.29 is 14.3 Å². The highest BCUT2D eigenvalue weighted by molar-refractivity contribution is 5.76. The summed E-state index contributed by atoms with van der Waals surface area (Å²) < 4.78 is 11.8. The molecule has 2 rings (SSSR count). The van der Waals surface area contributed by atoms with Crippen molar-refractivity contribution >= 4 is 5.91 Å². The molecule has 25 heavy (non-hydrogen) atoms. The van der Waals surface area contributed by atoms with Crippen LogP contribution in [0, 0.1) is 6.92 Å². The Hall–Kier alpha value is -2.76. The average molecular weight is 344 g/mol. The predicted molar refractivity (Wildman–Crippen MR) is 96.3 cm³/mol. The number of pyridine rings is 1. The van der Waals surface area contributed by atoms with Gasteiger partial charge in [0, 0.05) is 31.3 Å². The van der Waals surface area contributed by atoms with Gasteiger partial charge in [-0.3, -0.25) is 9.59 Å². The fourth-order valence-corrected chi connectivity index (χ4v) is 2.55. The monoisotopic (exact) mass is 344 g/mol. The lowest BCUT2D eigenvalue weighted by atomic mass is 10.1. The fourth-order valence-electron chi connectivity index (χ4n) is 2.55. The maximum Gasteiger partial charge on any atom is 0.254 e. The molecule has 0 aliphatic heterocycles. The van der Waals surface area contributed by atoms with Crippen LogP contribution in [-0.4, -0.2) is 31.2 Å². The molecule has 0 bridgehead atoms. The maximum atomic E-state index is 12.0. The molecule has 1 amide bonds. The van der Waals surface area contributed by atoms with E-state index in [0.717, 1.165) is 17.0 Å². The quantitative estimate of drug-likeness (QED) is 0.794. The zero-order chi connectivity index (χ0) is 18.2. The smallest absolute Gasteiger partial charge is 0.254 e. The summed E-state index contributed by atoms with van der Waals surface area (Å²) in [5, 5.41) is 2.85. The number of carbonyl (C=O) groups excluding carboxylic acids is 1. The number of nitrogens with one attached hydrogen (secondary N) is 1. The maximum absolute atomic E-state index is 12.0. The molecule has 0 atom stereocenters. The van der Waals surface area contributed by atoms with Crippen LogP contribution in [0.15, 0.2) is 41.2 Å². The van der Waals surface area contributed by atoms with Gasteiger partial charge >= 0.3 is 0 Å². The topological polar surface area (TPSA) is 69.6 Å². The molecule has 0 unspecified atom stereocenters. The lowest BCUT2D eigenvalue weighted by Crippen LogP contribution is -2.31. The Morgan fingerprint density at radius 3 is 2.36 bits per heavy atom. The summed E-state index contributed by atoms with van der Waals surface area (Å²) in [5.74, 6) is 1.31. The van der Waals surface area contributed by atoms with Gasteiger partial charge in [0.05, 0.1) is 14.2 Å². The van der Waals surface area contributed by atoms with Crippen LogP contribution in [0.3, 0.4) is 0 Å². The van der Waals surface area contributed by atoms with Crippen molar-refractivity contribution in [3.63, 3.8) is 0 Å². The number of hydrogen-bond acceptors (Lipinski definition) is 4. The summed E-state index contributed by atoms with van der Waals surface area (Å²) in [7, 11) is 3.15. The minimum atomic E-state index is -0.135. The van der Waals surface area contributed by atoms with Crippen molar-refractivity contribution in [3.05, 3.63) is 58.0 Å². The number of aryl methyl sites for hydroxylation is 2. The summed E-state index contributed by atoms with van der Waals surface area (Å²) in [6, 6.07) is 10.9. The molecule has 0 radical (unpaired) electrons. The standard InChI is InChI=1S/C19H24N2O4/c1-14-12-17(25-3)13-19(23)21(14)11-10-20-18(22)9-6-15-4-7-16(24-2)8-5-15/h4-5,7-8,12-13H,6,9-11H2,1-3H3,(H,20,22). The third-order valence-electron chi connectivity index (χ3n) is 4.00. The summed E-state index contributed by atoms with van der Waals surface area (Å²) in [6.07, 6.45) is 1.07. The van der Waals surface area contributed by atoms with Crippen LogP contribution < -0.4 is 20.3 Å². The molecule has 0 saturated carbocycles. The molecule has 0 aliphatic rings. The Labute approximate surface area is 147 Å².